The molecule has 190 valence electrons. The third-order valence-corrected chi connectivity index (χ3v) is 5.81. The van der Waals surface area contributed by atoms with Gasteiger partial charge in [-0.3, -0.25) is 4.79 Å². The Kier molecular flexibility index (Phi) is 9.00. The van der Waals surface area contributed by atoms with Crippen LogP contribution < -0.4 is 19.6 Å². The Labute approximate surface area is 221 Å². The van der Waals surface area contributed by atoms with Crippen molar-refractivity contribution in [2.24, 2.45) is 5.10 Å². The zero-order valence-electron chi connectivity index (χ0n) is 20.9. The second-order valence-electron chi connectivity index (χ2n) is 8.25. The molecule has 0 aromatic heterocycles. The Bertz CT molecular complexity index is 1400. The zero-order chi connectivity index (χ0) is 26.0. The highest BCUT2D eigenvalue weighted by atomic mass is 35.5. The van der Waals surface area contributed by atoms with Gasteiger partial charge in [-0.1, -0.05) is 61.0 Å². The van der Waals surface area contributed by atoms with E-state index in [1.807, 2.05) is 38.1 Å². The van der Waals surface area contributed by atoms with Crippen molar-refractivity contribution >= 4 is 34.5 Å². The van der Waals surface area contributed by atoms with Crippen molar-refractivity contribution in [1.82, 2.24) is 5.43 Å². The largest absolute Gasteiger partial charge is 0.490 e. The minimum atomic E-state index is -0.375. The molecule has 0 heterocycles. The number of nitrogens with zero attached hydrogens (tertiary/aromatic N) is 1. The summed E-state index contributed by atoms with van der Waals surface area (Å²) in [7, 11) is 0. The van der Waals surface area contributed by atoms with Crippen LogP contribution in [0.15, 0.2) is 84.0 Å². The number of hydrazone groups is 1. The van der Waals surface area contributed by atoms with E-state index in [0.717, 1.165) is 22.8 Å². The van der Waals surface area contributed by atoms with Crippen LogP contribution >= 0.6 is 11.6 Å². The number of fused-ring (bicyclic) bond motifs is 1. The topological polar surface area (TPSA) is 69.2 Å². The first-order valence-corrected chi connectivity index (χ1v) is 12.6. The maximum atomic E-state index is 12.7. The monoisotopic (exact) mass is 516 g/mol. The molecule has 0 atom stereocenters. The van der Waals surface area contributed by atoms with Crippen LogP contribution in [0.2, 0.25) is 5.02 Å². The van der Waals surface area contributed by atoms with Crippen LogP contribution in [-0.2, 0) is 6.61 Å². The number of carbonyl (C=O) groups is 1. The number of halogens is 1. The predicted octanol–water partition coefficient (Wildman–Crippen LogP) is 7.02. The second kappa shape index (κ2) is 12.8. The molecule has 6 nitrogen and oxygen atoms in total. The van der Waals surface area contributed by atoms with E-state index in [0.29, 0.717) is 53.2 Å². The Hall–Kier alpha value is -4.03. The Morgan fingerprint density at radius 1 is 0.892 bits per heavy atom. The Morgan fingerprint density at radius 2 is 1.70 bits per heavy atom. The highest BCUT2D eigenvalue weighted by molar-refractivity contribution is 6.30. The van der Waals surface area contributed by atoms with Crippen molar-refractivity contribution in [2.75, 3.05) is 13.2 Å². The molecule has 4 rings (SSSR count). The van der Waals surface area contributed by atoms with E-state index in [9.17, 15) is 4.79 Å². The van der Waals surface area contributed by atoms with Crippen molar-refractivity contribution in [3.63, 3.8) is 0 Å². The molecule has 1 N–H and O–H groups in total. The minimum absolute atomic E-state index is 0.375. The number of hydrogen-bond acceptors (Lipinski definition) is 5. The van der Waals surface area contributed by atoms with E-state index in [4.69, 9.17) is 25.8 Å². The smallest absolute Gasteiger partial charge is 0.271 e. The van der Waals surface area contributed by atoms with Crippen molar-refractivity contribution in [2.45, 2.75) is 26.9 Å². The highest BCUT2D eigenvalue weighted by Crippen LogP contribution is 2.29. The number of hydrogen-bond donors (Lipinski definition) is 1. The lowest BCUT2D eigenvalue weighted by atomic mass is 10.1. The normalized spacial score (nSPS) is 11.0. The summed E-state index contributed by atoms with van der Waals surface area (Å²) >= 11 is 6.22. The summed E-state index contributed by atoms with van der Waals surface area (Å²) in [4.78, 5) is 12.7. The van der Waals surface area contributed by atoms with Crippen LogP contribution in [0.4, 0.5) is 0 Å². The molecule has 0 fully saturated rings. The predicted molar refractivity (Wildman–Crippen MR) is 148 cm³/mol. The molecule has 4 aromatic rings. The van der Waals surface area contributed by atoms with Crippen molar-refractivity contribution < 1.29 is 19.0 Å². The molecule has 0 saturated heterocycles. The average molecular weight is 517 g/mol. The summed E-state index contributed by atoms with van der Waals surface area (Å²) in [6.45, 7) is 5.32. The maximum Gasteiger partial charge on any atom is 0.271 e. The number of benzene rings is 4. The first-order valence-electron chi connectivity index (χ1n) is 12.2. The summed E-state index contributed by atoms with van der Waals surface area (Å²) in [6, 6.07) is 24.7. The van der Waals surface area contributed by atoms with Gasteiger partial charge < -0.3 is 14.2 Å². The molecular formula is C30H29ClN2O4. The van der Waals surface area contributed by atoms with Gasteiger partial charge in [-0.25, -0.2) is 5.43 Å². The molecule has 0 bridgehead atoms. The van der Waals surface area contributed by atoms with E-state index in [-0.39, 0.29) is 5.91 Å². The Balaban J connectivity index is 1.46. The van der Waals surface area contributed by atoms with Crippen LogP contribution in [0.25, 0.3) is 10.8 Å². The summed E-state index contributed by atoms with van der Waals surface area (Å²) in [5.41, 5.74) is 4.68. The molecule has 0 unspecified atom stereocenters. The molecule has 7 heteroatoms. The minimum Gasteiger partial charge on any atom is -0.490 e. The summed E-state index contributed by atoms with van der Waals surface area (Å²) in [5.74, 6) is 1.35. The fraction of sp³-hybridized carbons (Fsp3) is 0.200. The van der Waals surface area contributed by atoms with Crippen LogP contribution in [-0.4, -0.2) is 25.3 Å². The SMILES string of the molecule is CCCOc1ccc(C(=O)N/N=C/c2cc(Cl)ccc2OCc2cccc3ccccc23)cc1OCC. The fourth-order valence-corrected chi connectivity index (χ4v) is 3.98. The molecule has 0 aliphatic carbocycles. The molecular weight excluding hydrogens is 488 g/mol. The third-order valence-electron chi connectivity index (χ3n) is 5.57. The first kappa shape index (κ1) is 26.0. The van der Waals surface area contributed by atoms with Gasteiger partial charge in [-0.2, -0.15) is 5.10 Å². The molecule has 4 aromatic carbocycles. The number of carbonyl (C=O) groups excluding carboxylic acids is 1. The summed E-state index contributed by atoms with van der Waals surface area (Å²) in [6.07, 6.45) is 2.39. The fourth-order valence-electron chi connectivity index (χ4n) is 3.80. The van der Waals surface area contributed by atoms with Gasteiger partial charge in [0, 0.05) is 16.1 Å². The van der Waals surface area contributed by atoms with Crippen LogP contribution in [0, 0.1) is 0 Å². The van der Waals surface area contributed by atoms with Crippen molar-refractivity contribution in [1.29, 1.82) is 0 Å². The van der Waals surface area contributed by atoms with Gasteiger partial charge in [0.25, 0.3) is 5.91 Å². The van der Waals surface area contributed by atoms with Gasteiger partial charge in [-0.15, -0.1) is 0 Å². The second-order valence-corrected chi connectivity index (χ2v) is 8.69. The lowest BCUT2D eigenvalue weighted by Crippen LogP contribution is -2.18. The van der Waals surface area contributed by atoms with E-state index in [1.165, 1.54) is 6.21 Å². The maximum absolute atomic E-state index is 12.7. The number of ether oxygens (including phenoxy) is 3. The number of nitrogens with one attached hydrogen (secondary N) is 1. The first-order chi connectivity index (χ1) is 18.1. The summed E-state index contributed by atoms with van der Waals surface area (Å²) < 4.78 is 17.5. The zero-order valence-corrected chi connectivity index (χ0v) is 21.6. The van der Waals surface area contributed by atoms with E-state index in [1.54, 1.807) is 36.4 Å². The van der Waals surface area contributed by atoms with Gasteiger partial charge in [0.15, 0.2) is 11.5 Å². The van der Waals surface area contributed by atoms with Gasteiger partial charge in [-0.05, 0) is 66.1 Å². The molecule has 0 saturated carbocycles. The van der Waals surface area contributed by atoms with Gasteiger partial charge >= 0.3 is 0 Å². The van der Waals surface area contributed by atoms with Gasteiger partial charge in [0.05, 0.1) is 19.4 Å². The molecule has 0 radical (unpaired) electrons. The van der Waals surface area contributed by atoms with Gasteiger partial charge in [0.2, 0.25) is 0 Å². The lowest BCUT2D eigenvalue weighted by Gasteiger charge is -2.12. The molecule has 1 amide bonds. The molecule has 0 spiro atoms. The van der Waals surface area contributed by atoms with Crippen LogP contribution in [0.5, 0.6) is 17.2 Å². The van der Waals surface area contributed by atoms with Gasteiger partial charge in [0.1, 0.15) is 12.4 Å². The Morgan fingerprint density at radius 3 is 2.54 bits per heavy atom. The van der Waals surface area contributed by atoms with Crippen molar-refractivity contribution in [3.05, 3.63) is 101 Å². The van der Waals surface area contributed by atoms with Crippen LogP contribution in [0.3, 0.4) is 0 Å². The van der Waals surface area contributed by atoms with Crippen molar-refractivity contribution in [3.8, 4) is 17.2 Å². The molecule has 0 aliphatic heterocycles. The highest BCUT2D eigenvalue weighted by Gasteiger charge is 2.12. The molecule has 37 heavy (non-hydrogen) atoms. The number of amides is 1. The third kappa shape index (κ3) is 6.80. The average Bonchev–Trinajstić information content (AvgIpc) is 2.92. The van der Waals surface area contributed by atoms with E-state index in [2.05, 4.69) is 28.7 Å². The van der Waals surface area contributed by atoms with Crippen LogP contribution in [0.1, 0.15) is 41.8 Å². The lowest BCUT2D eigenvalue weighted by molar-refractivity contribution is 0.0954. The molecule has 0 aliphatic rings. The number of rotatable bonds is 11. The van der Waals surface area contributed by atoms with E-state index < -0.39 is 0 Å². The standard InChI is InChI=1S/C30H29ClN2O4/c1-3-16-36-28-14-12-22(18-29(28)35-4-2)30(34)33-32-19-24-17-25(31)13-15-27(24)37-20-23-10-7-9-21-8-5-6-11-26(21)23/h5-15,17-19H,3-4,16,20H2,1-2H3,(H,33,34)/b32-19+. The van der Waals surface area contributed by atoms with E-state index >= 15 is 0 Å². The summed E-state index contributed by atoms with van der Waals surface area (Å²) in [5, 5.41) is 6.97. The quantitative estimate of drug-likeness (QED) is 0.172.